The van der Waals surface area contributed by atoms with Crippen LogP contribution in [0.4, 0.5) is 33.5 Å². The van der Waals surface area contributed by atoms with Crippen LogP contribution in [0.1, 0.15) is 27.3 Å². The minimum atomic E-state index is -5.10. The van der Waals surface area contributed by atoms with Gasteiger partial charge in [-0.3, -0.25) is 9.20 Å². The maximum atomic E-state index is 15.2. The molecule has 0 bridgehead atoms. The van der Waals surface area contributed by atoms with Gasteiger partial charge in [0.1, 0.15) is 28.5 Å². The lowest BCUT2D eigenvalue weighted by Gasteiger charge is -2.14. The molecular formula is C22H15ClF5N5O2. The summed E-state index contributed by atoms with van der Waals surface area (Å²) in [6.45, 7) is -3.21. The number of hydrogen-bond donors (Lipinski definition) is 3. The van der Waals surface area contributed by atoms with E-state index in [0.29, 0.717) is 6.20 Å². The summed E-state index contributed by atoms with van der Waals surface area (Å²) in [5.41, 5.74) is 1.32. The van der Waals surface area contributed by atoms with Crippen molar-refractivity contribution in [2.24, 2.45) is 0 Å². The Balaban J connectivity index is 1.82. The number of imidazole rings is 1. The second-order valence-corrected chi connectivity index (χ2v) is 7.67. The molecule has 0 aliphatic heterocycles. The molecule has 2 aromatic heterocycles. The third-order valence-electron chi connectivity index (χ3n) is 4.99. The summed E-state index contributed by atoms with van der Waals surface area (Å²) in [5, 5.41) is 12.4. The zero-order chi connectivity index (χ0) is 28.2. The maximum absolute atomic E-state index is 15.2. The highest BCUT2D eigenvalue weighted by molar-refractivity contribution is 6.30. The van der Waals surface area contributed by atoms with E-state index in [-0.39, 0.29) is 15.0 Å². The topological polar surface area (TPSA) is 106 Å². The number of aryl methyl sites for hydroxylation is 1. The Bertz CT molecular complexity index is 1580. The van der Waals surface area contributed by atoms with E-state index in [1.54, 1.807) is 0 Å². The van der Waals surface area contributed by atoms with Gasteiger partial charge in [0.2, 0.25) is 0 Å². The summed E-state index contributed by atoms with van der Waals surface area (Å²) in [6, 6.07) is 7.30. The molecule has 0 saturated heterocycles. The Labute approximate surface area is 203 Å². The van der Waals surface area contributed by atoms with E-state index in [1.807, 2.05) is 5.32 Å². The fourth-order valence-corrected chi connectivity index (χ4v) is 3.59. The van der Waals surface area contributed by atoms with Crippen molar-refractivity contribution < 1.29 is 36.0 Å². The number of anilines is 2. The maximum Gasteiger partial charge on any atom is 0.433 e. The summed E-state index contributed by atoms with van der Waals surface area (Å²) >= 11 is 5.82. The van der Waals surface area contributed by atoms with E-state index >= 15 is 4.39 Å². The summed E-state index contributed by atoms with van der Waals surface area (Å²) in [6.07, 6.45) is -6.61. The fourth-order valence-electron chi connectivity index (χ4n) is 3.39. The number of nitrogens with one attached hydrogen (secondary N) is 1. The minimum Gasteiger partial charge on any atom is -0.382 e. The number of halogens is 6. The van der Waals surface area contributed by atoms with Gasteiger partial charge in [0.05, 0.1) is 11.9 Å². The number of hydrogen-bond acceptors (Lipinski definition) is 5. The molecule has 13 heteroatoms. The second kappa shape index (κ2) is 8.78. The number of fused-ring (bicyclic) bond motifs is 1. The van der Waals surface area contributed by atoms with Crippen molar-refractivity contribution in [1.29, 1.82) is 0 Å². The Morgan fingerprint density at radius 1 is 1.26 bits per heavy atom. The van der Waals surface area contributed by atoms with Crippen molar-refractivity contribution in [3.05, 3.63) is 76.3 Å². The highest BCUT2D eigenvalue weighted by Gasteiger charge is 2.36. The first-order valence-electron chi connectivity index (χ1n) is 11.1. The first-order chi connectivity index (χ1) is 17.6. The monoisotopic (exact) mass is 514 g/mol. The third-order valence-corrected chi connectivity index (χ3v) is 5.22. The molecular weight excluding hydrogens is 497 g/mol. The highest BCUT2D eigenvalue weighted by Crippen LogP contribution is 2.37. The number of aliphatic hydroxyl groups is 1. The normalized spacial score (nSPS) is 14.3. The first kappa shape index (κ1) is 20.6. The second-order valence-electron chi connectivity index (χ2n) is 7.23. The summed E-state index contributed by atoms with van der Waals surface area (Å²) < 4.78 is 94.1. The van der Waals surface area contributed by atoms with Crippen LogP contribution in [0, 0.1) is 18.5 Å². The van der Waals surface area contributed by atoms with Crippen LogP contribution in [0.5, 0.6) is 0 Å². The van der Waals surface area contributed by atoms with Gasteiger partial charge in [-0.2, -0.15) is 13.2 Å². The number of nitrogens with two attached hydrogens (primary N) is 1. The van der Waals surface area contributed by atoms with Gasteiger partial charge in [0, 0.05) is 14.7 Å². The predicted molar refractivity (Wildman–Crippen MR) is 118 cm³/mol. The molecule has 1 unspecified atom stereocenters. The summed E-state index contributed by atoms with van der Waals surface area (Å²) in [5.74, 6) is -6.22. The zero-order valence-electron chi connectivity index (χ0n) is 20.2. The average molecular weight is 515 g/mol. The minimum absolute atomic E-state index is 0.0672. The number of nitrogen functional groups attached to an aromatic ring is 1. The van der Waals surface area contributed by atoms with Crippen molar-refractivity contribution >= 4 is 34.5 Å². The van der Waals surface area contributed by atoms with Crippen LogP contribution in [-0.2, 0) is 11.0 Å². The lowest BCUT2D eigenvalue weighted by Crippen LogP contribution is -2.21. The fraction of sp³-hybridized carbons (Fsp3) is 0.136. The third kappa shape index (κ3) is 4.37. The molecule has 0 aliphatic carbocycles. The van der Waals surface area contributed by atoms with Crippen molar-refractivity contribution in [2.45, 2.75) is 19.1 Å². The zero-order valence-corrected chi connectivity index (χ0v) is 17.9. The largest absolute Gasteiger partial charge is 0.433 e. The number of aromatic nitrogens is 3. The molecule has 4 rings (SSSR count). The van der Waals surface area contributed by atoms with Gasteiger partial charge < -0.3 is 16.2 Å². The summed E-state index contributed by atoms with van der Waals surface area (Å²) in [7, 11) is 0. The van der Waals surface area contributed by atoms with E-state index in [4.69, 9.17) is 21.4 Å². The Morgan fingerprint density at radius 2 is 2.00 bits per heavy atom. The van der Waals surface area contributed by atoms with Gasteiger partial charge in [-0.25, -0.2) is 18.7 Å². The Morgan fingerprint density at radius 3 is 2.66 bits per heavy atom. The standard InChI is InChI=1S/C22H15ClF5N5O2/c1-9-31-17(18-20(29)30-8-14(33(9)18)22(26,27)28)12-5-6-13(16(25)15(12)24)32-21(35)19(34)10-3-2-4-11(23)7-10/h2-8,19,34H,1H3,(H2,29,30)(H,32,35)/i1D3. The Hall–Kier alpha value is -3.77. The van der Waals surface area contributed by atoms with Crippen LogP contribution in [0.25, 0.3) is 16.8 Å². The smallest absolute Gasteiger partial charge is 0.382 e. The average Bonchev–Trinajstić information content (AvgIpc) is 3.22. The number of amides is 1. The SMILES string of the molecule is [2H]C([2H])([2H])c1nc(-c2ccc(NC(=O)C(O)c3cccc(Cl)c3)c(F)c2F)c2c(N)ncc(C(F)(F)F)n12. The van der Waals surface area contributed by atoms with Crippen molar-refractivity contribution in [2.75, 3.05) is 11.1 Å². The molecule has 2 aromatic carbocycles. The van der Waals surface area contributed by atoms with Crippen molar-refractivity contribution in [3.8, 4) is 11.3 Å². The molecule has 4 aromatic rings. The number of aliphatic hydroxyl groups excluding tert-OH is 1. The van der Waals surface area contributed by atoms with Crippen LogP contribution in [-0.4, -0.2) is 25.4 Å². The summed E-state index contributed by atoms with van der Waals surface area (Å²) in [4.78, 5) is 19.5. The molecule has 1 atom stereocenters. The van der Waals surface area contributed by atoms with Gasteiger partial charge in [0.25, 0.3) is 5.91 Å². The number of carbonyl (C=O) groups is 1. The van der Waals surface area contributed by atoms with Gasteiger partial charge >= 0.3 is 6.18 Å². The predicted octanol–water partition coefficient (Wildman–Crippen LogP) is 4.91. The molecule has 0 aliphatic rings. The van der Waals surface area contributed by atoms with E-state index in [9.17, 15) is 27.5 Å². The van der Waals surface area contributed by atoms with Gasteiger partial charge in [-0.15, -0.1) is 0 Å². The lowest BCUT2D eigenvalue weighted by molar-refractivity contribution is -0.142. The molecule has 2 heterocycles. The quantitative estimate of drug-likeness (QED) is 0.336. The van der Waals surface area contributed by atoms with Crippen LogP contribution in [0.15, 0.2) is 42.6 Å². The Kier molecular flexibility index (Phi) is 5.17. The molecule has 0 spiro atoms. The number of rotatable bonds is 4. The molecule has 1 amide bonds. The molecule has 182 valence electrons. The first-order valence-corrected chi connectivity index (χ1v) is 9.96. The van der Waals surface area contributed by atoms with Gasteiger partial charge in [-0.1, -0.05) is 23.7 Å². The molecule has 0 saturated carbocycles. The van der Waals surface area contributed by atoms with Crippen LogP contribution < -0.4 is 11.1 Å². The van der Waals surface area contributed by atoms with E-state index in [2.05, 4.69) is 9.97 Å². The number of nitrogens with zero attached hydrogens (tertiary/aromatic N) is 3. The molecule has 0 fully saturated rings. The van der Waals surface area contributed by atoms with Crippen molar-refractivity contribution in [3.63, 3.8) is 0 Å². The number of alkyl halides is 3. The number of carbonyl (C=O) groups excluding carboxylic acids is 1. The molecule has 35 heavy (non-hydrogen) atoms. The van der Waals surface area contributed by atoms with Crippen LogP contribution >= 0.6 is 11.6 Å². The molecule has 4 N–H and O–H groups in total. The van der Waals surface area contributed by atoms with Gasteiger partial charge in [0.15, 0.2) is 17.7 Å². The molecule has 0 radical (unpaired) electrons. The van der Waals surface area contributed by atoms with Crippen LogP contribution in [0.3, 0.4) is 0 Å². The molecule has 7 nitrogen and oxygen atoms in total. The van der Waals surface area contributed by atoms with Gasteiger partial charge in [-0.05, 0) is 36.7 Å². The lowest BCUT2D eigenvalue weighted by atomic mass is 10.1. The number of benzene rings is 2. The van der Waals surface area contributed by atoms with Crippen LogP contribution in [0.2, 0.25) is 5.02 Å². The van der Waals surface area contributed by atoms with E-state index in [1.165, 1.54) is 24.3 Å². The van der Waals surface area contributed by atoms with Crippen molar-refractivity contribution in [1.82, 2.24) is 14.4 Å². The van der Waals surface area contributed by atoms with E-state index in [0.717, 1.165) is 12.1 Å². The van der Waals surface area contributed by atoms with E-state index < -0.39 is 76.5 Å². The highest BCUT2D eigenvalue weighted by atomic mass is 35.5.